The van der Waals surface area contributed by atoms with Crippen LogP contribution in [0.3, 0.4) is 0 Å². The lowest BCUT2D eigenvalue weighted by molar-refractivity contribution is 0.0173. The minimum atomic E-state index is -1.54. The van der Waals surface area contributed by atoms with E-state index in [4.69, 9.17) is 4.74 Å². The van der Waals surface area contributed by atoms with Crippen molar-refractivity contribution in [2.75, 3.05) is 13.2 Å². The maximum Gasteiger partial charge on any atom is 0.407 e. The van der Waals surface area contributed by atoms with Gasteiger partial charge in [0.15, 0.2) is 0 Å². The van der Waals surface area contributed by atoms with Crippen LogP contribution in [0.1, 0.15) is 39.1 Å². The summed E-state index contributed by atoms with van der Waals surface area (Å²) >= 11 is 0. The number of fused-ring (bicyclic) bond motifs is 3. The first-order valence-electron chi connectivity index (χ1n) is 10.1. The number of alkyl carbamates (subject to hydrolysis) is 1. The molecule has 0 radical (unpaired) electrons. The standard InChI is InChI=1S/C24H22N2O6/c27-21(22(28)19-11-25-10-9-18(19)23(29)30)12-26-24(31)32-13-20-16-7-3-1-5-14(16)15-6-2-4-8-17(15)20/h1-11,20-22,27-28H,12-13H2,(H,26,31)(H,29,30). The number of carbonyl (C=O) groups excluding carboxylic acids is 1. The number of rotatable bonds is 7. The van der Waals surface area contributed by atoms with Crippen LogP contribution in [-0.4, -0.2) is 51.6 Å². The first-order chi connectivity index (χ1) is 15.5. The van der Waals surface area contributed by atoms with Gasteiger partial charge in [-0.25, -0.2) is 9.59 Å². The monoisotopic (exact) mass is 434 g/mol. The molecular formula is C24H22N2O6. The Morgan fingerprint density at radius 1 is 1.00 bits per heavy atom. The van der Waals surface area contributed by atoms with Gasteiger partial charge in [-0.1, -0.05) is 48.5 Å². The summed E-state index contributed by atoms with van der Waals surface area (Å²) in [6, 6.07) is 17.1. The first kappa shape index (κ1) is 21.5. The van der Waals surface area contributed by atoms with Crippen molar-refractivity contribution < 1.29 is 29.6 Å². The number of pyridine rings is 1. The number of nitrogens with one attached hydrogen (secondary N) is 1. The molecule has 1 aliphatic carbocycles. The summed E-state index contributed by atoms with van der Waals surface area (Å²) in [6.45, 7) is -0.212. The summed E-state index contributed by atoms with van der Waals surface area (Å²) in [5.41, 5.74) is 4.17. The van der Waals surface area contributed by atoms with E-state index in [0.717, 1.165) is 22.3 Å². The number of hydrogen-bond acceptors (Lipinski definition) is 6. The number of amides is 1. The lowest BCUT2D eigenvalue weighted by Gasteiger charge is -2.20. The summed E-state index contributed by atoms with van der Waals surface area (Å²) in [5.74, 6) is -1.35. The van der Waals surface area contributed by atoms with E-state index >= 15 is 0 Å². The Hall–Kier alpha value is -3.75. The van der Waals surface area contributed by atoms with E-state index in [0.29, 0.717) is 0 Å². The number of aliphatic hydroxyl groups is 2. The Labute approximate surface area is 184 Å². The highest BCUT2D eigenvalue weighted by molar-refractivity contribution is 5.89. The molecule has 1 amide bonds. The maximum absolute atomic E-state index is 12.2. The Morgan fingerprint density at radius 2 is 1.62 bits per heavy atom. The molecule has 164 valence electrons. The smallest absolute Gasteiger partial charge is 0.407 e. The zero-order valence-electron chi connectivity index (χ0n) is 17.0. The van der Waals surface area contributed by atoms with Gasteiger partial charge in [0.2, 0.25) is 0 Å². The molecule has 1 aromatic heterocycles. The van der Waals surface area contributed by atoms with Gasteiger partial charge in [-0.15, -0.1) is 0 Å². The first-order valence-corrected chi connectivity index (χ1v) is 10.1. The third kappa shape index (κ3) is 4.18. The number of benzene rings is 2. The van der Waals surface area contributed by atoms with Gasteiger partial charge in [0, 0.05) is 30.4 Å². The van der Waals surface area contributed by atoms with Crippen molar-refractivity contribution in [3.05, 3.63) is 89.2 Å². The zero-order valence-corrected chi connectivity index (χ0v) is 17.0. The number of hydrogen-bond donors (Lipinski definition) is 4. The number of aromatic carboxylic acids is 1. The van der Waals surface area contributed by atoms with Crippen LogP contribution >= 0.6 is 0 Å². The molecule has 0 bridgehead atoms. The Morgan fingerprint density at radius 3 is 2.25 bits per heavy atom. The number of aromatic nitrogens is 1. The van der Waals surface area contributed by atoms with E-state index in [1.807, 2.05) is 48.5 Å². The summed E-state index contributed by atoms with van der Waals surface area (Å²) in [7, 11) is 0. The van der Waals surface area contributed by atoms with E-state index in [1.165, 1.54) is 18.5 Å². The van der Waals surface area contributed by atoms with Gasteiger partial charge in [-0.2, -0.15) is 0 Å². The molecule has 32 heavy (non-hydrogen) atoms. The minimum absolute atomic E-state index is 0.0400. The number of carboxylic acids is 1. The van der Waals surface area contributed by atoms with Crippen LogP contribution in [-0.2, 0) is 4.74 Å². The van der Waals surface area contributed by atoms with E-state index < -0.39 is 24.3 Å². The molecule has 0 aliphatic heterocycles. The molecule has 4 N–H and O–H groups in total. The van der Waals surface area contributed by atoms with Crippen molar-refractivity contribution in [1.82, 2.24) is 10.3 Å². The second kappa shape index (κ2) is 9.17. The molecule has 1 aliphatic rings. The number of ether oxygens (including phenoxy) is 1. The predicted molar refractivity (Wildman–Crippen MR) is 115 cm³/mol. The third-order valence-corrected chi connectivity index (χ3v) is 5.56. The van der Waals surface area contributed by atoms with Crippen molar-refractivity contribution in [2.24, 2.45) is 0 Å². The largest absolute Gasteiger partial charge is 0.478 e. The van der Waals surface area contributed by atoms with Gasteiger partial charge in [0.05, 0.1) is 5.56 Å². The Bertz CT molecular complexity index is 1100. The van der Waals surface area contributed by atoms with E-state index in [1.54, 1.807) is 0 Å². The van der Waals surface area contributed by atoms with Crippen LogP contribution in [0, 0.1) is 0 Å². The quantitative estimate of drug-likeness (QED) is 0.450. The van der Waals surface area contributed by atoms with Gasteiger partial charge in [-0.3, -0.25) is 4.98 Å². The summed E-state index contributed by atoms with van der Waals surface area (Å²) in [4.78, 5) is 27.3. The molecule has 1 heterocycles. The van der Waals surface area contributed by atoms with Crippen molar-refractivity contribution in [2.45, 2.75) is 18.1 Å². The van der Waals surface area contributed by atoms with Crippen LogP contribution in [0.15, 0.2) is 67.0 Å². The van der Waals surface area contributed by atoms with Crippen LogP contribution < -0.4 is 5.32 Å². The lowest BCUT2D eigenvalue weighted by atomic mass is 9.98. The highest BCUT2D eigenvalue weighted by Crippen LogP contribution is 2.44. The molecule has 0 saturated heterocycles. The average Bonchev–Trinajstić information content (AvgIpc) is 3.14. The molecule has 0 spiro atoms. The zero-order chi connectivity index (χ0) is 22.7. The normalized spacial score (nSPS) is 14.2. The second-order valence-electron chi connectivity index (χ2n) is 7.49. The maximum atomic E-state index is 12.2. The number of carbonyl (C=O) groups is 2. The van der Waals surface area contributed by atoms with Crippen molar-refractivity contribution in [1.29, 1.82) is 0 Å². The third-order valence-electron chi connectivity index (χ3n) is 5.56. The minimum Gasteiger partial charge on any atom is -0.478 e. The number of aliphatic hydroxyl groups excluding tert-OH is 2. The summed E-state index contributed by atoms with van der Waals surface area (Å²) in [5, 5.41) is 32.2. The molecule has 2 unspecified atom stereocenters. The molecule has 4 rings (SSSR count). The Balaban J connectivity index is 1.36. The van der Waals surface area contributed by atoms with E-state index in [9.17, 15) is 24.9 Å². The highest BCUT2D eigenvalue weighted by Gasteiger charge is 2.29. The fourth-order valence-electron chi connectivity index (χ4n) is 3.99. The van der Waals surface area contributed by atoms with Crippen molar-refractivity contribution >= 4 is 12.1 Å². The number of nitrogens with zero attached hydrogens (tertiary/aromatic N) is 1. The summed E-state index contributed by atoms with van der Waals surface area (Å²) in [6.07, 6.45) is -1.28. The summed E-state index contributed by atoms with van der Waals surface area (Å²) < 4.78 is 5.39. The average molecular weight is 434 g/mol. The molecule has 2 aromatic carbocycles. The van der Waals surface area contributed by atoms with Gasteiger partial charge >= 0.3 is 12.1 Å². The fraction of sp³-hybridized carbons (Fsp3) is 0.208. The molecule has 0 fully saturated rings. The van der Waals surface area contributed by atoms with E-state index in [2.05, 4.69) is 10.3 Å². The highest BCUT2D eigenvalue weighted by atomic mass is 16.5. The van der Waals surface area contributed by atoms with Gasteiger partial charge < -0.3 is 25.4 Å². The fourth-order valence-corrected chi connectivity index (χ4v) is 3.99. The molecular weight excluding hydrogens is 412 g/mol. The van der Waals surface area contributed by atoms with Crippen molar-refractivity contribution in [3.8, 4) is 11.1 Å². The van der Waals surface area contributed by atoms with E-state index in [-0.39, 0.29) is 30.2 Å². The lowest BCUT2D eigenvalue weighted by Crippen LogP contribution is -2.36. The van der Waals surface area contributed by atoms with Gasteiger partial charge in [0.25, 0.3) is 0 Å². The SMILES string of the molecule is O=C(NCC(O)C(O)c1cnccc1C(=O)O)OCC1c2ccccc2-c2ccccc21. The Kier molecular flexibility index (Phi) is 6.16. The number of carboxylic acid groups (broad SMARTS) is 1. The topological polar surface area (TPSA) is 129 Å². The molecule has 3 aromatic rings. The van der Waals surface area contributed by atoms with Crippen LogP contribution in [0.2, 0.25) is 0 Å². The second-order valence-corrected chi connectivity index (χ2v) is 7.49. The van der Waals surface area contributed by atoms with Crippen LogP contribution in [0.5, 0.6) is 0 Å². The predicted octanol–water partition coefficient (Wildman–Crippen LogP) is 2.71. The molecule has 8 nitrogen and oxygen atoms in total. The molecule has 2 atom stereocenters. The van der Waals surface area contributed by atoms with Gasteiger partial charge in [0.1, 0.15) is 18.8 Å². The van der Waals surface area contributed by atoms with Crippen LogP contribution in [0.25, 0.3) is 11.1 Å². The van der Waals surface area contributed by atoms with Crippen molar-refractivity contribution in [3.63, 3.8) is 0 Å². The molecule has 8 heteroatoms. The molecule has 0 saturated carbocycles. The van der Waals surface area contributed by atoms with Crippen LogP contribution in [0.4, 0.5) is 4.79 Å². The van der Waals surface area contributed by atoms with Gasteiger partial charge in [-0.05, 0) is 28.3 Å².